The van der Waals surface area contributed by atoms with E-state index in [1.165, 1.54) is 5.56 Å². The molecule has 30 heavy (non-hydrogen) atoms. The fraction of sp³-hybridized carbons (Fsp3) is 0.727. The van der Waals surface area contributed by atoms with Gasteiger partial charge in [0, 0.05) is 59.1 Å². The highest BCUT2D eigenvalue weighted by Crippen LogP contribution is 2.15. The minimum Gasteiger partial charge on any atom is -0.379 e. The number of piperazine rings is 1. The molecule has 0 unspecified atom stereocenters. The first-order valence-corrected chi connectivity index (χ1v) is 11.3. The van der Waals surface area contributed by atoms with Crippen LogP contribution in [0.5, 0.6) is 0 Å². The summed E-state index contributed by atoms with van der Waals surface area (Å²) in [6.07, 6.45) is 4.16. The van der Waals surface area contributed by atoms with E-state index in [0.717, 1.165) is 63.9 Å². The van der Waals surface area contributed by atoms with Gasteiger partial charge >= 0.3 is 0 Å². The van der Waals surface area contributed by atoms with Gasteiger partial charge in [-0.1, -0.05) is 20.3 Å². The van der Waals surface area contributed by atoms with E-state index >= 15 is 0 Å². The number of guanidine groups is 1. The summed E-state index contributed by atoms with van der Waals surface area (Å²) < 4.78 is 11.1. The van der Waals surface area contributed by atoms with E-state index in [9.17, 15) is 0 Å². The Morgan fingerprint density at radius 3 is 2.53 bits per heavy atom. The summed E-state index contributed by atoms with van der Waals surface area (Å²) >= 11 is 0. The molecule has 0 bridgehead atoms. The van der Waals surface area contributed by atoms with Gasteiger partial charge in [0.1, 0.15) is 5.82 Å². The molecule has 170 valence electrons. The summed E-state index contributed by atoms with van der Waals surface area (Å²) in [7, 11) is 1.78. The molecule has 2 N–H and O–H groups in total. The van der Waals surface area contributed by atoms with Crippen molar-refractivity contribution in [1.82, 2.24) is 20.5 Å². The number of anilines is 1. The van der Waals surface area contributed by atoms with Crippen molar-refractivity contribution in [3.63, 3.8) is 0 Å². The highest BCUT2D eigenvalue weighted by atomic mass is 16.5. The lowest BCUT2D eigenvalue weighted by Crippen LogP contribution is -2.46. The summed E-state index contributed by atoms with van der Waals surface area (Å²) in [5.74, 6) is 1.83. The molecule has 0 saturated carbocycles. The van der Waals surface area contributed by atoms with Gasteiger partial charge < -0.3 is 29.9 Å². The van der Waals surface area contributed by atoms with E-state index in [-0.39, 0.29) is 0 Å². The van der Waals surface area contributed by atoms with Crippen LogP contribution >= 0.6 is 0 Å². The van der Waals surface area contributed by atoms with Crippen LogP contribution in [-0.4, -0.2) is 88.6 Å². The molecule has 1 aromatic heterocycles. The van der Waals surface area contributed by atoms with Crippen LogP contribution in [0.2, 0.25) is 0 Å². The van der Waals surface area contributed by atoms with Crippen molar-refractivity contribution in [2.45, 2.75) is 33.2 Å². The average Bonchev–Trinajstić information content (AvgIpc) is 2.80. The van der Waals surface area contributed by atoms with Crippen LogP contribution in [0.3, 0.4) is 0 Å². The zero-order valence-corrected chi connectivity index (χ0v) is 19.0. The smallest absolute Gasteiger partial charge is 0.191 e. The fourth-order valence-electron chi connectivity index (χ4n) is 3.25. The van der Waals surface area contributed by atoms with Crippen molar-refractivity contribution in [2.75, 3.05) is 77.6 Å². The number of aromatic nitrogens is 1. The number of pyridine rings is 1. The number of likely N-dealkylation sites (N-methyl/N-ethyl adjacent to an activating group) is 1. The number of nitrogens with one attached hydrogen (secondary N) is 2. The number of hydrogen-bond donors (Lipinski definition) is 2. The van der Waals surface area contributed by atoms with Crippen LogP contribution in [0.4, 0.5) is 5.82 Å². The molecule has 8 heteroatoms. The van der Waals surface area contributed by atoms with Crippen molar-refractivity contribution < 1.29 is 9.47 Å². The molecule has 1 fully saturated rings. The number of unbranched alkanes of at least 4 members (excludes halogenated alkanes) is 1. The molecular weight excluding hydrogens is 380 g/mol. The minimum absolute atomic E-state index is 0.626. The van der Waals surface area contributed by atoms with Gasteiger partial charge in [0.2, 0.25) is 0 Å². The molecule has 0 aliphatic carbocycles. The van der Waals surface area contributed by atoms with Crippen LogP contribution in [-0.2, 0) is 16.0 Å². The Morgan fingerprint density at radius 1 is 1.07 bits per heavy atom. The lowest BCUT2D eigenvalue weighted by atomic mass is 10.2. The fourth-order valence-corrected chi connectivity index (χ4v) is 3.25. The maximum Gasteiger partial charge on any atom is 0.191 e. The van der Waals surface area contributed by atoms with E-state index in [0.29, 0.717) is 32.9 Å². The molecule has 8 nitrogen and oxygen atoms in total. The van der Waals surface area contributed by atoms with Crippen molar-refractivity contribution >= 4 is 11.8 Å². The van der Waals surface area contributed by atoms with Crippen LogP contribution in [0.1, 0.15) is 32.3 Å². The second-order valence-corrected chi connectivity index (χ2v) is 7.37. The molecule has 2 rings (SSSR count). The van der Waals surface area contributed by atoms with Crippen LogP contribution in [0.15, 0.2) is 23.3 Å². The minimum atomic E-state index is 0.626. The summed E-state index contributed by atoms with van der Waals surface area (Å²) in [4.78, 5) is 13.7. The molecule has 1 aliphatic heterocycles. The molecule has 0 amide bonds. The second-order valence-electron chi connectivity index (χ2n) is 7.37. The largest absolute Gasteiger partial charge is 0.379 e. The zero-order valence-electron chi connectivity index (χ0n) is 19.0. The Morgan fingerprint density at radius 2 is 1.83 bits per heavy atom. The van der Waals surface area contributed by atoms with Crippen LogP contribution in [0.25, 0.3) is 0 Å². The van der Waals surface area contributed by atoms with Gasteiger partial charge in [-0.05, 0) is 30.7 Å². The summed E-state index contributed by atoms with van der Waals surface area (Å²) in [5.41, 5.74) is 1.20. The summed E-state index contributed by atoms with van der Waals surface area (Å²) in [6.45, 7) is 13.9. The normalized spacial score (nSPS) is 15.4. The number of ether oxygens (including phenoxy) is 2. The average molecular weight is 421 g/mol. The van der Waals surface area contributed by atoms with Gasteiger partial charge in [-0.15, -0.1) is 0 Å². The monoisotopic (exact) mass is 420 g/mol. The molecule has 0 radical (unpaired) electrons. The van der Waals surface area contributed by atoms with Gasteiger partial charge in [0.05, 0.1) is 19.8 Å². The third-order valence-electron chi connectivity index (χ3n) is 5.19. The van der Waals surface area contributed by atoms with Crippen LogP contribution < -0.4 is 15.5 Å². The van der Waals surface area contributed by atoms with E-state index in [1.807, 2.05) is 12.3 Å². The van der Waals surface area contributed by atoms with Gasteiger partial charge in [0.15, 0.2) is 5.96 Å². The molecule has 0 aromatic carbocycles. The van der Waals surface area contributed by atoms with E-state index < -0.39 is 0 Å². The molecule has 0 atom stereocenters. The van der Waals surface area contributed by atoms with Gasteiger partial charge in [-0.25, -0.2) is 4.98 Å². The topological polar surface area (TPSA) is 74.2 Å². The van der Waals surface area contributed by atoms with Gasteiger partial charge in [0.25, 0.3) is 0 Å². The van der Waals surface area contributed by atoms with Crippen molar-refractivity contribution in [3.05, 3.63) is 23.9 Å². The molecule has 1 aromatic rings. The molecular formula is C22H40N6O2. The standard InChI is InChI=1S/C22H40N6O2/c1-4-6-14-29-16-17-30-15-9-25-22(23-3)26-19-20-7-8-24-21(18-20)28-12-10-27(5-2)11-13-28/h7-8,18H,4-6,9-17,19H2,1-3H3,(H2,23,25,26). The Balaban J connectivity index is 1.64. The Bertz CT molecular complexity index is 605. The molecule has 2 heterocycles. The first-order valence-electron chi connectivity index (χ1n) is 11.3. The number of aliphatic imine (C=N–C) groups is 1. The third-order valence-corrected chi connectivity index (χ3v) is 5.19. The third kappa shape index (κ3) is 9.28. The Labute approximate surface area is 182 Å². The predicted molar refractivity (Wildman–Crippen MR) is 123 cm³/mol. The van der Waals surface area contributed by atoms with Crippen LogP contribution in [0, 0.1) is 0 Å². The molecule has 1 aliphatic rings. The maximum atomic E-state index is 5.58. The molecule has 0 spiro atoms. The predicted octanol–water partition coefficient (Wildman–Crippen LogP) is 1.72. The molecule has 1 saturated heterocycles. The van der Waals surface area contributed by atoms with E-state index in [4.69, 9.17) is 9.47 Å². The quantitative estimate of drug-likeness (QED) is 0.286. The van der Waals surface area contributed by atoms with Crippen molar-refractivity contribution in [2.24, 2.45) is 4.99 Å². The van der Waals surface area contributed by atoms with Crippen molar-refractivity contribution in [1.29, 1.82) is 0 Å². The Hall–Kier alpha value is -1.90. The lowest BCUT2D eigenvalue weighted by Gasteiger charge is -2.34. The number of nitrogens with zero attached hydrogens (tertiary/aromatic N) is 4. The first-order chi connectivity index (χ1) is 14.8. The summed E-state index contributed by atoms with van der Waals surface area (Å²) in [6, 6.07) is 4.22. The van der Waals surface area contributed by atoms with Crippen molar-refractivity contribution in [3.8, 4) is 0 Å². The lowest BCUT2D eigenvalue weighted by molar-refractivity contribution is 0.0487. The first kappa shape index (κ1) is 24.4. The SMILES string of the molecule is CCCCOCCOCCNC(=NC)NCc1ccnc(N2CCN(CC)CC2)c1. The zero-order chi connectivity index (χ0) is 21.4. The number of hydrogen-bond acceptors (Lipinski definition) is 6. The number of rotatable bonds is 13. The highest BCUT2D eigenvalue weighted by Gasteiger charge is 2.16. The second kappa shape index (κ2) is 15.0. The summed E-state index contributed by atoms with van der Waals surface area (Å²) in [5, 5.41) is 6.64. The Kier molecular flexibility index (Phi) is 12.2. The van der Waals surface area contributed by atoms with Gasteiger partial charge in [-0.3, -0.25) is 4.99 Å². The van der Waals surface area contributed by atoms with E-state index in [2.05, 4.69) is 50.3 Å². The van der Waals surface area contributed by atoms with Gasteiger partial charge in [-0.2, -0.15) is 0 Å². The van der Waals surface area contributed by atoms with E-state index in [1.54, 1.807) is 7.05 Å². The highest BCUT2D eigenvalue weighted by molar-refractivity contribution is 5.79. The maximum absolute atomic E-state index is 5.58.